The van der Waals surface area contributed by atoms with Gasteiger partial charge in [0.15, 0.2) is 0 Å². The first-order valence-electron chi connectivity index (χ1n) is 11.5. The first-order chi connectivity index (χ1) is 17.6. The topological polar surface area (TPSA) is 112 Å². The average molecular weight is 574 g/mol. The van der Waals surface area contributed by atoms with E-state index in [0.717, 1.165) is 25.0 Å². The van der Waals surface area contributed by atoms with E-state index in [2.05, 4.69) is 50.0 Å². The summed E-state index contributed by atoms with van der Waals surface area (Å²) in [6, 6.07) is 3.97. The monoisotopic (exact) mass is 573 g/mol. The van der Waals surface area contributed by atoms with E-state index in [0.29, 0.717) is 12.1 Å². The van der Waals surface area contributed by atoms with Crippen LogP contribution in [-0.2, 0) is 22.7 Å². The van der Waals surface area contributed by atoms with Crippen molar-refractivity contribution in [1.29, 1.82) is 0 Å². The third-order valence-electron chi connectivity index (χ3n) is 6.04. The van der Waals surface area contributed by atoms with Gasteiger partial charge in [0.1, 0.15) is 5.01 Å². The molecule has 0 amide bonds. The highest BCUT2D eigenvalue weighted by atomic mass is 32.1. The van der Waals surface area contributed by atoms with Crippen molar-refractivity contribution in [3.8, 4) is 0 Å². The molecule has 4 rings (SSSR count). The Kier molecular flexibility index (Phi) is 11.1. The summed E-state index contributed by atoms with van der Waals surface area (Å²) in [5.74, 6) is -4.73. The van der Waals surface area contributed by atoms with Crippen LogP contribution < -0.4 is 0 Å². The van der Waals surface area contributed by atoms with Crippen LogP contribution in [0.4, 0.5) is 26.3 Å². The van der Waals surface area contributed by atoms with Crippen molar-refractivity contribution in [2.75, 3.05) is 13.1 Å². The minimum Gasteiger partial charge on any atom is -0.475 e. The van der Waals surface area contributed by atoms with Crippen LogP contribution in [0.2, 0.25) is 0 Å². The van der Waals surface area contributed by atoms with Crippen molar-refractivity contribution in [3.63, 3.8) is 0 Å². The van der Waals surface area contributed by atoms with Gasteiger partial charge in [0.25, 0.3) is 0 Å². The molecular formula is C22H29F6N5O4S. The zero-order valence-corrected chi connectivity index (χ0v) is 21.4. The second-order valence-corrected chi connectivity index (χ2v) is 10.0. The normalized spacial score (nSPS) is 22.2. The van der Waals surface area contributed by atoms with Gasteiger partial charge in [-0.3, -0.25) is 14.5 Å². The van der Waals surface area contributed by atoms with E-state index >= 15 is 0 Å². The van der Waals surface area contributed by atoms with Crippen LogP contribution in [0.3, 0.4) is 0 Å². The summed E-state index contributed by atoms with van der Waals surface area (Å²) in [5.41, 5.74) is 0. The average Bonchev–Trinajstić information content (AvgIpc) is 3.54. The summed E-state index contributed by atoms with van der Waals surface area (Å²) in [4.78, 5) is 27.6. The zero-order valence-electron chi connectivity index (χ0n) is 20.6. The van der Waals surface area contributed by atoms with Crippen LogP contribution in [0.5, 0.6) is 0 Å². The van der Waals surface area contributed by atoms with Crippen molar-refractivity contribution < 1.29 is 46.1 Å². The summed E-state index contributed by atoms with van der Waals surface area (Å²) >= 11 is 1.78. The summed E-state index contributed by atoms with van der Waals surface area (Å²) in [7, 11) is 0. The predicted octanol–water partition coefficient (Wildman–Crippen LogP) is 3.98. The third-order valence-corrected chi connectivity index (χ3v) is 6.80. The van der Waals surface area contributed by atoms with E-state index in [9.17, 15) is 26.3 Å². The molecule has 2 aromatic rings. The number of piperidine rings is 1. The molecule has 16 heteroatoms. The number of carboxylic acid groups (broad SMARTS) is 2. The van der Waals surface area contributed by atoms with Gasteiger partial charge in [0.05, 0.1) is 13.1 Å². The number of carbonyl (C=O) groups is 2. The number of aromatic nitrogens is 3. The number of hydrogen-bond acceptors (Lipinski definition) is 7. The second kappa shape index (κ2) is 13.4. The fourth-order valence-corrected chi connectivity index (χ4v) is 5.38. The standard InChI is InChI=1S/C18H27N5S.2C2HF3O2/c1-14(2)23-16(12-22-7-3-5-20-22)10-15-11-21(8-4-17(15)23)13-18-19-6-9-24-18;2*3-2(4,5)1(6)7/h3,5-7,9,14-17H,4,8,10-13H2,1-2H3;2*(H,6,7)/t15-,16+,17+;;/m1../s1. The Hall–Kier alpha value is -2.72. The molecule has 0 bridgehead atoms. The van der Waals surface area contributed by atoms with Crippen LogP contribution in [0.25, 0.3) is 0 Å². The Morgan fingerprint density at radius 2 is 1.71 bits per heavy atom. The molecule has 2 saturated heterocycles. The summed E-state index contributed by atoms with van der Waals surface area (Å²) in [6.45, 7) is 9.14. The number of rotatable bonds is 5. The lowest BCUT2D eigenvalue weighted by molar-refractivity contribution is -0.193. The molecule has 3 atom stereocenters. The fourth-order valence-electron chi connectivity index (χ4n) is 4.72. The minimum absolute atomic E-state index is 0.603. The lowest BCUT2D eigenvalue weighted by atomic mass is 9.92. The molecule has 2 N–H and O–H groups in total. The summed E-state index contributed by atoms with van der Waals surface area (Å²) < 4.78 is 65.6. The molecular weight excluding hydrogens is 544 g/mol. The smallest absolute Gasteiger partial charge is 0.475 e. The van der Waals surface area contributed by atoms with Gasteiger partial charge in [0, 0.05) is 55.2 Å². The largest absolute Gasteiger partial charge is 0.490 e. The maximum Gasteiger partial charge on any atom is 0.490 e. The molecule has 214 valence electrons. The number of alkyl halides is 6. The number of fused-ring (bicyclic) bond motifs is 1. The third kappa shape index (κ3) is 9.54. The van der Waals surface area contributed by atoms with Gasteiger partial charge in [-0.05, 0) is 38.7 Å². The Morgan fingerprint density at radius 3 is 2.16 bits per heavy atom. The van der Waals surface area contributed by atoms with E-state index in [4.69, 9.17) is 19.8 Å². The Morgan fingerprint density at radius 1 is 1.11 bits per heavy atom. The molecule has 0 spiro atoms. The first-order valence-corrected chi connectivity index (χ1v) is 12.4. The molecule has 4 heterocycles. The maximum atomic E-state index is 10.6. The second-order valence-electron chi connectivity index (χ2n) is 9.04. The number of halogens is 6. The predicted molar refractivity (Wildman–Crippen MR) is 124 cm³/mol. The van der Waals surface area contributed by atoms with Gasteiger partial charge in [-0.2, -0.15) is 31.4 Å². The molecule has 2 aromatic heterocycles. The highest BCUT2D eigenvalue weighted by Crippen LogP contribution is 2.38. The quantitative estimate of drug-likeness (QED) is 0.517. The van der Waals surface area contributed by atoms with Crippen molar-refractivity contribution in [3.05, 3.63) is 35.0 Å². The molecule has 0 aliphatic carbocycles. The highest BCUT2D eigenvalue weighted by Gasteiger charge is 2.45. The van der Waals surface area contributed by atoms with Crippen molar-refractivity contribution in [2.45, 2.75) is 70.3 Å². The minimum atomic E-state index is -5.08. The molecule has 2 fully saturated rings. The molecule has 0 saturated carbocycles. The van der Waals surface area contributed by atoms with Crippen molar-refractivity contribution in [1.82, 2.24) is 24.6 Å². The van der Waals surface area contributed by atoms with E-state index in [1.165, 1.54) is 30.9 Å². The lowest BCUT2D eigenvalue weighted by Gasteiger charge is -2.40. The Balaban J connectivity index is 0.000000301. The number of carboxylic acids is 2. The molecule has 0 unspecified atom stereocenters. The summed E-state index contributed by atoms with van der Waals surface area (Å²) in [6.07, 6.45) is -1.70. The fraction of sp³-hybridized carbons (Fsp3) is 0.636. The SMILES string of the molecule is CC(C)N1[C@H](Cn2cccn2)C[C@@H]2CN(Cc3nccs3)CC[C@@H]21.O=C(O)C(F)(F)F.O=C(O)C(F)(F)F. The molecule has 9 nitrogen and oxygen atoms in total. The van der Waals surface area contributed by atoms with E-state index in [1.54, 1.807) is 11.3 Å². The Bertz CT molecular complexity index is 977. The van der Waals surface area contributed by atoms with Crippen LogP contribution in [0, 0.1) is 5.92 Å². The van der Waals surface area contributed by atoms with Crippen LogP contribution in [0.15, 0.2) is 30.0 Å². The van der Waals surface area contributed by atoms with E-state index < -0.39 is 24.3 Å². The van der Waals surface area contributed by atoms with Gasteiger partial charge in [-0.1, -0.05) is 0 Å². The van der Waals surface area contributed by atoms with Crippen molar-refractivity contribution in [2.24, 2.45) is 5.92 Å². The molecule has 0 aromatic carbocycles. The molecule has 2 aliphatic heterocycles. The number of thiazole rings is 1. The summed E-state index contributed by atoms with van der Waals surface area (Å²) in [5, 5.41) is 22.0. The van der Waals surface area contributed by atoms with Gasteiger partial charge in [-0.25, -0.2) is 14.6 Å². The van der Waals surface area contributed by atoms with Crippen LogP contribution >= 0.6 is 11.3 Å². The molecule has 2 aliphatic rings. The molecule has 0 radical (unpaired) electrons. The zero-order chi connectivity index (χ0) is 28.7. The van der Waals surface area contributed by atoms with Gasteiger partial charge < -0.3 is 10.2 Å². The lowest BCUT2D eigenvalue weighted by Crippen LogP contribution is -2.49. The Labute approximate surface area is 218 Å². The first kappa shape index (κ1) is 31.5. The van der Waals surface area contributed by atoms with E-state index in [-0.39, 0.29) is 0 Å². The van der Waals surface area contributed by atoms with Gasteiger partial charge in [-0.15, -0.1) is 11.3 Å². The van der Waals surface area contributed by atoms with Gasteiger partial charge >= 0.3 is 24.3 Å². The number of nitrogens with zero attached hydrogens (tertiary/aromatic N) is 5. The van der Waals surface area contributed by atoms with E-state index in [1.807, 2.05) is 18.5 Å². The maximum absolute atomic E-state index is 10.6. The number of likely N-dealkylation sites (tertiary alicyclic amines) is 2. The number of hydrogen-bond donors (Lipinski definition) is 2. The van der Waals surface area contributed by atoms with Crippen molar-refractivity contribution >= 4 is 23.3 Å². The van der Waals surface area contributed by atoms with Crippen LogP contribution in [-0.4, -0.2) is 90.3 Å². The number of aliphatic carboxylic acids is 2. The van der Waals surface area contributed by atoms with Gasteiger partial charge in [0.2, 0.25) is 0 Å². The highest BCUT2D eigenvalue weighted by molar-refractivity contribution is 7.09. The molecule has 38 heavy (non-hydrogen) atoms. The van der Waals surface area contributed by atoms with Crippen LogP contribution in [0.1, 0.15) is 31.7 Å².